The van der Waals surface area contributed by atoms with Crippen molar-refractivity contribution in [2.45, 2.75) is 78.6 Å². The summed E-state index contributed by atoms with van der Waals surface area (Å²) in [5.41, 5.74) is 0. The van der Waals surface area contributed by atoms with Crippen molar-refractivity contribution in [1.82, 2.24) is 4.57 Å². The fraction of sp³-hybridized carbons (Fsp3) is 1.00. The highest BCUT2D eigenvalue weighted by Gasteiger charge is 2.39. The van der Waals surface area contributed by atoms with Crippen LogP contribution in [-0.4, -0.2) is 48.4 Å². The van der Waals surface area contributed by atoms with Gasteiger partial charge in [0.15, 0.2) is 0 Å². The predicted octanol–water partition coefficient (Wildman–Crippen LogP) is 4.39. The summed E-state index contributed by atoms with van der Waals surface area (Å²) in [6, 6.07) is 1.15. The molecule has 0 radical (unpaired) electrons. The Morgan fingerprint density at radius 3 is 1.86 bits per heavy atom. The molecule has 0 atom stereocenters. The van der Waals surface area contributed by atoms with Crippen LogP contribution in [0, 0.1) is 0 Å². The van der Waals surface area contributed by atoms with Crippen LogP contribution in [0.25, 0.3) is 0 Å². The third kappa shape index (κ3) is 7.41. The van der Waals surface area contributed by atoms with E-state index < -0.39 is 17.5 Å². The topological polar surface area (TPSA) is 21.7 Å². The Kier molecular flexibility index (Phi) is 10.3. The molecule has 0 fully saturated rings. The van der Waals surface area contributed by atoms with E-state index in [1.807, 2.05) is 0 Å². The van der Waals surface area contributed by atoms with Crippen molar-refractivity contribution in [3.63, 3.8) is 0 Å². The molecule has 0 saturated heterocycles. The van der Waals surface area contributed by atoms with E-state index in [1.54, 1.807) is 0 Å². The molecule has 0 N–H and O–H groups in total. The summed E-state index contributed by atoms with van der Waals surface area (Å²) in [5, 5.41) is 0.428. The van der Waals surface area contributed by atoms with Gasteiger partial charge in [-0.05, 0) is 44.4 Å². The standard InChI is InChI=1S/C16H39NO2Si2/c1-9-17(21(7,8)16(4,5)6)14-12-13-15-20(18-10-2)19-11-3/h20H,9-15H2,1-8H3. The summed E-state index contributed by atoms with van der Waals surface area (Å²) in [7, 11) is -2.75. The number of hydrogen-bond donors (Lipinski definition) is 0. The van der Waals surface area contributed by atoms with Crippen LogP contribution in [0.1, 0.15) is 54.4 Å². The minimum absolute atomic E-state index is 0.428. The molecule has 0 heterocycles. The van der Waals surface area contributed by atoms with E-state index in [2.05, 4.69) is 59.2 Å². The summed E-state index contributed by atoms with van der Waals surface area (Å²) in [4.78, 5) is 0. The van der Waals surface area contributed by atoms with E-state index in [-0.39, 0.29) is 0 Å². The normalized spacial score (nSPS) is 13.4. The first-order valence-electron chi connectivity index (χ1n) is 8.68. The van der Waals surface area contributed by atoms with Crippen molar-refractivity contribution < 1.29 is 8.85 Å². The van der Waals surface area contributed by atoms with E-state index in [0.29, 0.717) is 5.04 Å². The first kappa shape index (κ1) is 21.3. The average molecular weight is 334 g/mol. The van der Waals surface area contributed by atoms with Crippen molar-refractivity contribution in [2.75, 3.05) is 26.3 Å². The van der Waals surface area contributed by atoms with E-state index in [1.165, 1.54) is 25.9 Å². The second-order valence-electron chi connectivity index (χ2n) is 7.22. The molecule has 0 bridgehead atoms. The van der Waals surface area contributed by atoms with Crippen molar-refractivity contribution in [2.24, 2.45) is 0 Å². The van der Waals surface area contributed by atoms with Gasteiger partial charge in [0.25, 0.3) is 0 Å². The Morgan fingerprint density at radius 1 is 0.952 bits per heavy atom. The molecule has 21 heavy (non-hydrogen) atoms. The first-order valence-corrected chi connectivity index (χ1v) is 13.4. The molecular formula is C16H39NO2Si2. The zero-order chi connectivity index (χ0) is 16.5. The maximum Gasteiger partial charge on any atom is 0.321 e. The zero-order valence-corrected chi connectivity index (χ0v) is 17.9. The number of hydrogen-bond acceptors (Lipinski definition) is 3. The van der Waals surface area contributed by atoms with Crippen molar-refractivity contribution in [1.29, 1.82) is 0 Å². The van der Waals surface area contributed by atoms with Crippen LogP contribution < -0.4 is 0 Å². The SMILES string of the molecule is CCO[SiH](CCCCN(CC)[Si](C)(C)C(C)(C)C)OCC. The highest BCUT2D eigenvalue weighted by atomic mass is 28.3. The molecule has 0 aromatic carbocycles. The predicted molar refractivity (Wildman–Crippen MR) is 98.9 cm³/mol. The third-order valence-electron chi connectivity index (χ3n) is 4.83. The lowest BCUT2D eigenvalue weighted by Crippen LogP contribution is -2.55. The van der Waals surface area contributed by atoms with Crippen LogP contribution >= 0.6 is 0 Å². The molecule has 128 valence electrons. The van der Waals surface area contributed by atoms with Gasteiger partial charge in [0.1, 0.15) is 8.24 Å². The van der Waals surface area contributed by atoms with Gasteiger partial charge in [0, 0.05) is 13.2 Å². The van der Waals surface area contributed by atoms with Crippen molar-refractivity contribution in [3.8, 4) is 0 Å². The fourth-order valence-corrected chi connectivity index (χ4v) is 6.76. The van der Waals surface area contributed by atoms with Crippen LogP contribution in [0.2, 0.25) is 24.2 Å². The Morgan fingerprint density at radius 2 is 1.48 bits per heavy atom. The summed E-state index contributed by atoms with van der Waals surface area (Å²) < 4.78 is 14.3. The number of rotatable bonds is 11. The second-order valence-corrected chi connectivity index (χ2v) is 14.6. The molecule has 0 amide bonds. The lowest BCUT2D eigenvalue weighted by atomic mass is 10.2. The van der Waals surface area contributed by atoms with E-state index in [9.17, 15) is 0 Å². The van der Waals surface area contributed by atoms with Gasteiger partial charge in [0.2, 0.25) is 0 Å². The maximum absolute atomic E-state index is 5.75. The molecule has 0 rings (SSSR count). The van der Waals surface area contributed by atoms with Crippen LogP contribution in [0.15, 0.2) is 0 Å². The van der Waals surface area contributed by atoms with Gasteiger partial charge in [-0.3, -0.25) is 0 Å². The van der Waals surface area contributed by atoms with Gasteiger partial charge in [-0.15, -0.1) is 0 Å². The molecule has 0 aromatic rings. The summed E-state index contributed by atoms with van der Waals surface area (Å²) in [6.45, 7) is 22.6. The second kappa shape index (κ2) is 10.2. The van der Waals surface area contributed by atoms with Crippen LogP contribution in [-0.2, 0) is 8.85 Å². The molecule has 0 unspecified atom stereocenters. The fourth-order valence-electron chi connectivity index (χ4n) is 2.51. The van der Waals surface area contributed by atoms with Gasteiger partial charge in [-0.1, -0.05) is 47.2 Å². The van der Waals surface area contributed by atoms with E-state index in [0.717, 1.165) is 19.3 Å². The van der Waals surface area contributed by atoms with Gasteiger partial charge in [-0.2, -0.15) is 0 Å². The highest BCUT2D eigenvalue weighted by Crippen LogP contribution is 2.38. The Bertz CT molecular complexity index is 261. The summed E-state index contributed by atoms with van der Waals surface area (Å²) in [5.74, 6) is 0. The smallest absolute Gasteiger partial charge is 0.321 e. The molecule has 0 saturated carbocycles. The molecule has 0 aromatic heterocycles. The Labute approximate surface area is 136 Å². The number of nitrogens with zero attached hydrogens (tertiary/aromatic N) is 1. The van der Waals surface area contributed by atoms with Crippen molar-refractivity contribution in [3.05, 3.63) is 0 Å². The van der Waals surface area contributed by atoms with E-state index >= 15 is 0 Å². The van der Waals surface area contributed by atoms with Crippen LogP contribution in [0.4, 0.5) is 0 Å². The minimum Gasteiger partial charge on any atom is -0.397 e. The van der Waals surface area contributed by atoms with Crippen LogP contribution in [0.3, 0.4) is 0 Å². The highest BCUT2D eigenvalue weighted by molar-refractivity contribution is 6.77. The molecule has 0 aliphatic heterocycles. The summed E-state index contributed by atoms with van der Waals surface area (Å²) in [6.07, 6.45) is 2.51. The van der Waals surface area contributed by atoms with Crippen molar-refractivity contribution >= 4 is 17.5 Å². The molecule has 5 heteroatoms. The Hall–Kier alpha value is 0.314. The molecule has 3 nitrogen and oxygen atoms in total. The molecular weight excluding hydrogens is 294 g/mol. The monoisotopic (exact) mass is 333 g/mol. The Balaban J connectivity index is 4.24. The van der Waals surface area contributed by atoms with Gasteiger partial charge in [-0.25, -0.2) is 0 Å². The molecule has 0 aliphatic carbocycles. The minimum atomic E-state index is -1.39. The van der Waals surface area contributed by atoms with Gasteiger partial charge < -0.3 is 13.4 Å². The lowest BCUT2D eigenvalue weighted by molar-refractivity contribution is 0.212. The number of unbranched alkanes of at least 4 members (excludes halogenated alkanes) is 1. The van der Waals surface area contributed by atoms with Gasteiger partial charge >= 0.3 is 9.28 Å². The first-order chi connectivity index (χ1) is 9.70. The third-order valence-corrected chi connectivity index (χ3v) is 12.9. The van der Waals surface area contributed by atoms with Gasteiger partial charge in [0.05, 0.1) is 0 Å². The summed E-state index contributed by atoms with van der Waals surface area (Å²) >= 11 is 0. The van der Waals surface area contributed by atoms with Crippen LogP contribution in [0.5, 0.6) is 0 Å². The lowest BCUT2D eigenvalue weighted by Gasteiger charge is -2.45. The maximum atomic E-state index is 5.75. The zero-order valence-electron chi connectivity index (χ0n) is 15.8. The average Bonchev–Trinajstić information content (AvgIpc) is 2.37. The molecule has 0 spiro atoms. The largest absolute Gasteiger partial charge is 0.397 e. The molecule has 0 aliphatic rings. The quantitative estimate of drug-likeness (QED) is 0.413. The van der Waals surface area contributed by atoms with E-state index in [4.69, 9.17) is 8.85 Å².